The van der Waals surface area contributed by atoms with E-state index in [2.05, 4.69) is 10.4 Å². The van der Waals surface area contributed by atoms with Crippen molar-refractivity contribution in [2.45, 2.75) is 6.54 Å². The summed E-state index contributed by atoms with van der Waals surface area (Å²) in [6, 6.07) is 3.36. The second-order valence-corrected chi connectivity index (χ2v) is 6.54. The average Bonchev–Trinajstić information content (AvgIpc) is 3.12. The fraction of sp³-hybridized carbons (Fsp3) is 0.0833. The molecule has 118 valence electrons. The van der Waals surface area contributed by atoms with Gasteiger partial charge in [-0.25, -0.2) is 0 Å². The first-order chi connectivity index (χ1) is 10.9. The first-order valence-electron chi connectivity index (χ1n) is 6.13. The second-order valence-electron chi connectivity index (χ2n) is 4.41. The average molecular weight is 371 g/mol. The Morgan fingerprint density at radius 3 is 2.96 bits per heavy atom. The number of hydrogen-bond donors (Lipinski definition) is 1. The number of carbonyl (C=O) groups excluding carboxylic acids is 1. The van der Waals surface area contributed by atoms with Gasteiger partial charge in [0.15, 0.2) is 5.02 Å². The molecule has 0 radical (unpaired) electrons. The Kier molecular flexibility index (Phi) is 4.20. The maximum atomic E-state index is 11.6. The molecule has 3 heterocycles. The molecule has 0 saturated carbocycles. The summed E-state index contributed by atoms with van der Waals surface area (Å²) in [6.45, 7) is 0.175. The number of rotatable bonds is 4. The van der Waals surface area contributed by atoms with Crippen molar-refractivity contribution >= 4 is 57.7 Å². The van der Waals surface area contributed by atoms with Crippen molar-refractivity contribution in [2.75, 3.05) is 0 Å². The van der Waals surface area contributed by atoms with E-state index in [0.29, 0.717) is 20.7 Å². The number of hydrogen-bond acceptors (Lipinski definition) is 7. The van der Waals surface area contributed by atoms with Crippen molar-refractivity contribution in [1.82, 2.24) is 15.1 Å². The smallest absolute Gasteiger partial charge is 0.408 e. The highest BCUT2D eigenvalue weighted by Gasteiger charge is 2.23. The Labute approximate surface area is 143 Å². The molecule has 1 fully saturated rings. The van der Waals surface area contributed by atoms with E-state index in [1.54, 1.807) is 18.2 Å². The molecule has 1 aliphatic heterocycles. The summed E-state index contributed by atoms with van der Waals surface area (Å²) < 4.78 is 7.26. The summed E-state index contributed by atoms with van der Waals surface area (Å²) in [7, 11) is 0. The first-order valence-corrected chi connectivity index (χ1v) is 7.73. The maximum Gasteiger partial charge on any atom is 0.408 e. The Bertz CT molecular complexity index is 857. The monoisotopic (exact) mass is 370 g/mol. The minimum absolute atomic E-state index is 0.0450. The van der Waals surface area contributed by atoms with E-state index < -0.39 is 10.7 Å². The molecule has 0 atom stereocenters. The second kappa shape index (κ2) is 6.14. The summed E-state index contributed by atoms with van der Waals surface area (Å²) in [6.07, 6.45) is 2.92. The Morgan fingerprint density at radius 2 is 2.35 bits per heavy atom. The zero-order valence-electron chi connectivity index (χ0n) is 11.2. The predicted molar refractivity (Wildman–Crippen MR) is 88.0 cm³/mol. The molecule has 0 aromatic carbocycles. The van der Waals surface area contributed by atoms with Gasteiger partial charge < -0.3 is 19.8 Å². The van der Waals surface area contributed by atoms with E-state index in [9.17, 15) is 14.9 Å². The maximum absolute atomic E-state index is 11.6. The van der Waals surface area contributed by atoms with Crippen LogP contribution in [0.15, 0.2) is 27.7 Å². The fourth-order valence-electron chi connectivity index (χ4n) is 1.86. The van der Waals surface area contributed by atoms with Gasteiger partial charge in [0.05, 0.1) is 16.2 Å². The molecule has 2 aromatic rings. The van der Waals surface area contributed by atoms with Crippen LogP contribution < -0.4 is 5.32 Å². The zero-order chi connectivity index (χ0) is 16.6. The van der Waals surface area contributed by atoms with Crippen LogP contribution in [0.3, 0.4) is 0 Å². The zero-order valence-corrected chi connectivity index (χ0v) is 13.6. The van der Waals surface area contributed by atoms with Crippen LogP contribution in [-0.4, -0.2) is 24.9 Å². The van der Waals surface area contributed by atoms with Gasteiger partial charge in [-0.2, -0.15) is 4.68 Å². The number of carbonyl (C=O) groups is 1. The normalized spacial score (nSPS) is 16.1. The molecule has 23 heavy (non-hydrogen) atoms. The molecule has 0 aliphatic carbocycles. The minimum atomic E-state index is -0.657. The van der Waals surface area contributed by atoms with E-state index in [0.717, 1.165) is 11.8 Å². The largest absolute Gasteiger partial charge is 0.460 e. The number of thiocarbonyl (C=S) groups is 1. The Morgan fingerprint density at radius 1 is 1.57 bits per heavy atom. The van der Waals surface area contributed by atoms with Crippen molar-refractivity contribution in [3.63, 3.8) is 0 Å². The SMILES string of the molecule is O=C1NC(=S)S/C1=C/c1ccc(Cn2cc(Cl)c([N+](=O)[O-])n2)o1. The molecular formula is C12H7ClN4O4S2. The summed E-state index contributed by atoms with van der Waals surface area (Å²) >= 11 is 11.8. The molecule has 8 nitrogen and oxygen atoms in total. The van der Waals surface area contributed by atoms with Gasteiger partial charge in [0.2, 0.25) is 0 Å². The van der Waals surface area contributed by atoms with Gasteiger partial charge in [0.25, 0.3) is 5.91 Å². The third kappa shape index (κ3) is 3.44. The third-order valence-electron chi connectivity index (χ3n) is 2.79. The van der Waals surface area contributed by atoms with E-state index in [-0.39, 0.29) is 17.5 Å². The lowest BCUT2D eigenvalue weighted by atomic mass is 10.3. The Balaban J connectivity index is 1.76. The Hall–Kier alpha value is -2.17. The summed E-state index contributed by atoms with van der Waals surface area (Å²) in [5.74, 6) is 0.299. The number of halogens is 1. The van der Waals surface area contributed by atoms with Crippen LogP contribution >= 0.6 is 35.6 Å². The molecule has 0 bridgehead atoms. The van der Waals surface area contributed by atoms with Crippen LogP contribution in [0.1, 0.15) is 11.5 Å². The number of nitrogens with one attached hydrogen (secondary N) is 1. The molecule has 1 saturated heterocycles. The topological polar surface area (TPSA) is 103 Å². The molecule has 0 unspecified atom stereocenters. The molecule has 1 aliphatic rings. The van der Waals surface area contributed by atoms with Gasteiger partial charge in [0.1, 0.15) is 22.4 Å². The summed E-state index contributed by atoms with van der Waals surface area (Å²) in [5, 5.41) is 16.9. The van der Waals surface area contributed by atoms with Crippen molar-refractivity contribution < 1.29 is 14.1 Å². The van der Waals surface area contributed by atoms with Gasteiger partial charge in [-0.3, -0.25) is 4.79 Å². The van der Waals surface area contributed by atoms with E-state index in [1.807, 2.05) is 0 Å². The molecule has 3 rings (SSSR count). The lowest BCUT2D eigenvalue weighted by Crippen LogP contribution is -2.17. The number of nitro groups is 1. The number of amides is 1. The van der Waals surface area contributed by atoms with Crippen LogP contribution in [0.25, 0.3) is 6.08 Å². The summed E-state index contributed by atoms with van der Waals surface area (Å²) in [5.41, 5.74) is 0. The summed E-state index contributed by atoms with van der Waals surface area (Å²) in [4.78, 5) is 22.1. The highest BCUT2D eigenvalue weighted by Crippen LogP contribution is 2.27. The molecule has 11 heteroatoms. The van der Waals surface area contributed by atoms with Gasteiger partial charge in [-0.15, -0.1) is 0 Å². The lowest BCUT2D eigenvalue weighted by Gasteiger charge is -1.93. The van der Waals surface area contributed by atoms with Gasteiger partial charge in [-0.05, 0) is 17.1 Å². The lowest BCUT2D eigenvalue weighted by molar-refractivity contribution is -0.389. The molecule has 0 spiro atoms. The van der Waals surface area contributed by atoms with Crippen LogP contribution in [0.4, 0.5) is 5.82 Å². The molecule has 1 amide bonds. The van der Waals surface area contributed by atoms with Crippen molar-refractivity contribution in [3.05, 3.63) is 49.9 Å². The van der Waals surface area contributed by atoms with E-state index in [1.165, 1.54) is 10.9 Å². The standard InChI is InChI=1S/C12H7ClN4O4S2/c13-8-5-16(15-10(8)17(19)20)4-7-2-1-6(21-7)3-9-11(18)14-12(22)23-9/h1-3,5H,4H2,(H,14,18,22)/b9-3+. The van der Waals surface area contributed by atoms with Gasteiger partial charge >= 0.3 is 5.82 Å². The van der Waals surface area contributed by atoms with Crippen LogP contribution in [0, 0.1) is 10.1 Å². The van der Waals surface area contributed by atoms with Crippen molar-refractivity contribution in [3.8, 4) is 0 Å². The van der Waals surface area contributed by atoms with Crippen LogP contribution in [-0.2, 0) is 11.3 Å². The van der Waals surface area contributed by atoms with Crippen molar-refractivity contribution in [1.29, 1.82) is 0 Å². The quantitative estimate of drug-likeness (QED) is 0.382. The predicted octanol–water partition coefficient (Wildman–Crippen LogP) is 2.57. The first kappa shape index (κ1) is 15.7. The molecular weight excluding hydrogens is 364 g/mol. The number of nitrogens with zero attached hydrogens (tertiary/aromatic N) is 3. The minimum Gasteiger partial charge on any atom is -0.460 e. The highest BCUT2D eigenvalue weighted by atomic mass is 35.5. The highest BCUT2D eigenvalue weighted by molar-refractivity contribution is 8.26. The van der Waals surface area contributed by atoms with Crippen LogP contribution in [0.2, 0.25) is 5.02 Å². The van der Waals surface area contributed by atoms with Gasteiger partial charge in [0, 0.05) is 6.08 Å². The number of thioether (sulfide) groups is 1. The van der Waals surface area contributed by atoms with Crippen LogP contribution in [0.5, 0.6) is 0 Å². The van der Waals surface area contributed by atoms with E-state index >= 15 is 0 Å². The third-order valence-corrected chi connectivity index (χ3v) is 4.22. The fourth-order valence-corrected chi connectivity index (χ4v) is 3.10. The number of aromatic nitrogens is 2. The molecule has 1 N–H and O–H groups in total. The van der Waals surface area contributed by atoms with Crippen molar-refractivity contribution in [2.24, 2.45) is 0 Å². The van der Waals surface area contributed by atoms with E-state index in [4.69, 9.17) is 28.2 Å². The number of furan rings is 1. The molecule has 2 aromatic heterocycles. The van der Waals surface area contributed by atoms with Gasteiger partial charge in [-0.1, -0.05) is 35.6 Å².